The lowest BCUT2D eigenvalue weighted by Gasteiger charge is -2.25. The first-order chi connectivity index (χ1) is 8.49. The average molecular weight is 254 g/mol. The topological polar surface area (TPSA) is 66.5 Å². The fourth-order valence-electron chi connectivity index (χ4n) is 1.64. The van der Waals surface area contributed by atoms with Crippen LogP contribution < -0.4 is 5.32 Å². The first-order valence-electron chi connectivity index (χ1n) is 5.05. The Kier molecular flexibility index (Phi) is 3.05. The highest BCUT2D eigenvalue weighted by atomic mass is 19.1. The van der Waals surface area contributed by atoms with Gasteiger partial charge in [0.1, 0.15) is 30.3 Å². The number of nitrogens with one attached hydrogen (secondary N) is 1. The number of rotatable bonds is 1. The molecule has 0 bridgehead atoms. The van der Waals surface area contributed by atoms with Gasteiger partial charge >= 0.3 is 0 Å². The second-order valence-electron chi connectivity index (χ2n) is 3.73. The van der Waals surface area contributed by atoms with Gasteiger partial charge in [0.05, 0.1) is 0 Å². The highest BCUT2D eigenvalue weighted by Crippen LogP contribution is 2.15. The molecule has 0 atom stereocenters. The Morgan fingerprint density at radius 3 is 2.11 bits per heavy atom. The molecule has 1 aliphatic heterocycles. The molecule has 0 saturated carbocycles. The molecule has 0 aromatic heterocycles. The minimum absolute atomic E-state index is 0.404. The van der Waals surface area contributed by atoms with Crippen LogP contribution in [-0.4, -0.2) is 35.7 Å². The van der Waals surface area contributed by atoms with Crippen molar-refractivity contribution in [2.24, 2.45) is 0 Å². The Labute approximate surface area is 100 Å². The predicted octanol–water partition coefficient (Wildman–Crippen LogP) is 0.0634. The molecular formula is C11H8F2N2O3. The Balaban J connectivity index is 2.31. The number of hydrogen-bond acceptors (Lipinski definition) is 3. The molecule has 1 aromatic rings. The van der Waals surface area contributed by atoms with Crippen molar-refractivity contribution in [1.29, 1.82) is 0 Å². The van der Waals surface area contributed by atoms with Crippen molar-refractivity contribution in [3.63, 3.8) is 0 Å². The number of benzene rings is 1. The summed E-state index contributed by atoms with van der Waals surface area (Å²) >= 11 is 0. The summed E-state index contributed by atoms with van der Waals surface area (Å²) in [6.45, 7) is -0.809. The lowest BCUT2D eigenvalue weighted by atomic mass is 10.1. The predicted molar refractivity (Wildman–Crippen MR) is 55.4 cm³/mol. The lowest BCUT2D eigenvalue weighted by Crippen LogP contribution is -2.53. The van der Waals surface area contributed by atoms with Gasteiger partial charge in [0.25, 0.3) is 5.91 Å². The van der Waals surface area contributed by atoms with E-state index in [-0.39, 0.29) is 0 Å². The van der Waals surface area contributed by atoms with Gasteiger partial charge in [-0.05, 0) is 12.1 Å². The maximum absolute atomic E-state index is 13.4. The van der Waals surface area contributed by atoms with Crippen molar-refractivity contribution in [3.8, 4) is 0 Å². The summed E-state index contributed by atoms with van der Waals surface area (Å²) in [4.78, 5) is 34.8. The average Bonchev–Trinajstić information content (AvgIpc) is 2.27. The molecule has 5 nitrogen and oxygen atoms in total. The molecule has 94 valence electrons. The van der Waals surface area contributed by atoms with Gasteiger partial charge in [-0.25, -0.2) is 8.78 Å². The monoisotopic (exact) mass is 254 g/mol. The smallest absolute Gasteiger partial charge is 0.260 e. The molecule has 1 heterocycles. The maximum Gasteiger partial charge on any atom is 0.260 e. The molecule has 1 aromatic carbocycles. The summed E-state index contributed by atoms with van der Waals surface area (Å²) < 4.78 is 26.8. The van der Waals surface area contributed by atoms with Gasteiger partial charge in [0.2, 0.25) is 11.8 Å². The van der Waals surface area contributed by atoms with Gasteiger partial charge < -0.3 is 4.90 Å². The summed E-state index contributed by atoms with van der Waals surface area (Å²) in [7, 11) is 0. The van der Waals surface area contributed by atoms with Crippen molar-refractivity contribution < 1.29 is 23.2 Å². The van der Waals surface area contributed by atoms with Crippen molar-refractivity contribution in [3.05, 3.63) is 35.4 Å². The molecule has 3 amide bonds. The van der Waals surface area contributed by atoms with Gasteiger partial charge in [-0.15, -0.1) is 0 Å². The van der Waals surface area contributed by atoms with Gasteiger partial charge in [0, 0.05) is 0 Å². The number of carbonyl (C=O) groups excluding carboxylic acids is 3. The molecule has 2 rings (SSSR count). The van der Waals surface area contributed by atoms with E-state index in [1.54, 1.807) is 0 Å². The fraction of sp³-hybridized carbons (Fsp3) is 0.182. The molecule has 0 radical (unpaired) electrons. The minimum Gasteiger partial charge on any atom is -0.320 e. The summed E-state index contributed by atoms with van der Waals surface area (Å²) in [5, 5.41) is 1.99. The van der Waals surface area contributed by atoms with Gasteiger partial charge in [0.15, 0.2) is 0 Å². The van der Waals surface area contributed by atoms with Gasteiger partial charge in [-0.1, -0.05) is 6.07 Å². The van der Waals surface area contributed by atoms with Gasteiger partial charge in [-0.2, -0.15) is 0 Å². The molecular weight excluding hydrogens is 246 g/mol. The van der Waals surface area contributed by atoms with Crippen molar-refractivity contribution in [2.75, 3.05) is 13.1 Å². The lowest BCUT2D eigenvalue weighted by molar-refractivity contribution is -0.135. The van der Waals surface area contributed by atoms with Crippen LogP contribution >= 0.6 is 0 Å². The van der Waals surface area contributed by atoms with Crippen LogP contribution in [0.15, 0.2) is 18.2 Å². The molecule has 1 aliphatic rings. The third-order valence-electron chi connectivity index (χ3n) is 2.41. The van der Waals surface area contributed by atoms with E-state index in [2.05, 4.69) is 0 Å². The maximum atomic E-state index is 13.4. The molecule has 1 fully saturated rings. The zero-order valence-corrected chi connectivity index (χ0v) is 9.07. The first kappa shape index (κ1) is 12.2. The van der Waals surface area contributed by atoms with Crippen LogP contribution in [0, 0.1) is 11.6 Å². The Morgan fingerprint density at radius 2 is 1.61 bits per heavy atom. The zero-order valence-electron chi connectivity index (χ0n) is 9.07. The van der Waals surface area contributed by atoms with E-state index >= 15 is 0 Å². The van der Waals surface area contributed by atoms with Gasteiger partial charge in [-0.3, -0.25) is 19.7 Å². The molecule has 0 unspecified atom stereocenters. The third-order valence-corrected chi connectivity index (χ3v) is 2.41. The largest absolute Gasteiger partial charge is 0.320 e. The number of hydrogen-bond donors (Lipinski definition) is 1. The summed E-state index contributed by atoms with van der Waals surface area (Å²) in [5.74, 6) is -4.45. The SMILES string of the molecule is O=C1CN(C(=O)c2c(F)cccc2F)CC(=O)N1. The van der Waals surface area contributed by atoms with Crippen LogP contribution in [0.25, 0.3) is 0 Å². The quantitative estimate of drug-likeness (QED) is 0.721. The Hall–Kier alpha value is -2.31. The fourth-order valence-corrected chi connectivity index (χ4v) is 1.64. The Bertz CT molecular complexity index is 509. The highest BCUT2D eigenvalue weighted by molar-refractivity contribution is 6.05. The van der Waals surface area contributed by atoms with E-state index in [0.29, 0.717) is 0 Å². The molecule has 1 N–H and O–H groups in total. The van der Waals surface area contributed by atoms with E-state index in [1.807, 2.05) is 5.32 Å². The third kappa shape index (κ3) is 2.20. The molecule has 0 aliphatic carbocycles. The number of piperazine rings is 1. The molecule has 18 heavy (non-hydrogen) atoms. The zero-order chi connectivity index (χ0) is 13.3. The van der Waals surface area contributed by atoms with E-state index < -0.39 is 48.0 Å². The van der Waals surface area contributed by atoms with Crippen LogP contribution in [0.4, 0.5) is 8.78 Å². The van der Waals surface area contributed by atoms with Crippen molar-refractivity contribution in [2.45, 2.75) is 0 Å². The second-order valence-corrected chi connectivity index (χ2v) is 3.73. The first-order valence-corrected chi connectivity index (χ1v) is 5.05. The van der Waals surface area contributed by atoms with Crippen LogP contribution in [0.5, 0.6) is 0 Å². The van der Waals surface area contributed by atoms with Crippen molar-refractivity contribution >= 4 is 17.7 Å². The minimum atomic E-state index is -1.03. The van der Waals surface area contributed by atoms with E-state index in [9.17, 15) is 23.2 Å². The van der Waals surface area contributed by atoms with E-state index in [1.165, 1.54) is 0 Å². The van der Waals surface area contributed by atoms with Crippen LogP contribution in [0.3, 0.4) is 0 Å². The van der Waals surface area contributed by atoms with Crippen molar-refractivity contribution in [1.82, 2.24) is 10.2 Å². The Morgan fingerprint density at radius 1 is 1.11 bits per heavy atom. The molecule has 7 heteroatoms. The van der Waals surface area contributed by atoms with E-state index in [0.717, 1.165) is 23.1 Å². The summed E-state index contributed by atoms with van der Waals surface area (Å²) in [5.41, 5.74) is -0.764. The normalized spacial score (nSPS) is 15.6. The highest BCUT2D eigenvalue weighted by Gasteiger charge is 2.30. The number of carbonyl (C=O) groups is 3. The van der Waals surface area contributed by atoms with Crippen LogP contribution in [0.2, 0.25) is 0 Å². The molecule has 1 saturated heterocycles. The molecule has 0 spiro atoms. The van der Waals surface area contributed by atoms with Crippen LogP contribution in [-0.2, 0) is 9.59 Å². The second kappa shape index (κ2) is 4.52. The summed E-state index contributed by atoms with van der Waals surface area (Å²) in [6.07, 6.45) is 0. The number of imide groups is 1. The summed E-state index contributed by atoms with van der Waals surface area (Å²) in [6, 6.07) is 2.99. The number of halogens is 2. The van der Waals surface area contributed by atoms with Crippen LogP contribution in [0.1, 0.15) is 10.4 Å². The number of amides is 3. The standard InChI is InChI=1S/C11H8F2N2O3/c12-6-2-1-3-7(13)10(6)11(18)15-4-8(16)14-9(17)5-15/h1-3H,4-5H2,(H,14,16,17). The number of nitrogens with zero attached hydrogens (tertiary/aromatic N) is 1. The van der Waals surface area contributed by atoms with E-state index in [4.69, 9.17) is 0 Å².